The van der Waals surface area contributed by atoms with Crippen LogP contribution in [0.2, 0.25) is 10.0 Å². The van der Waals surface area contributed by atoms with Crippen molar-refractivity contribution in [2.24, 2.45) is 5.92 Å². The number of ether oxygens (including phenoxy) is 1. The van der Waals surface area contributed by atoms with Gasteiger partial charge in [-0.2, -0.15) is 0 Å². The van der Waals surface area contributed by atoms with E-state index in [0.717, 1.165) is 18.5 Å². The fourth-order valence-electron chi connectivity index (χ4n) is 3.68. The van der Waals surface area contributed by atoms with E-state index in [2.05, 4.69) is 18.3 Å². The zero-order valence-electron chi connectivity index (χ0n) is 11.7. The highest BCUT2D eigenvalue weighted by atomic mass is 35.5. The molecule has 2 nitrogen and oxygen atoms in total. The van der Waals surface area contributed by atoms with Crippen molar-refractivity contribution in [2.45, 2.75) is 50.9 Å². The van der Waals surface area contributed by atoms with E-state index in [1.807, 2.05) is 12.1 Å². The summed E-state index contributed by atoms with van der Waals surface area (Å²) >= 11 is 12.5. The molecule has 2 saturated heterocycles. The van der Waals surface area contributed by atoms with Gasteiger partial charge in [-0.25, -0.2) is 0 Å². The largest absolute Gasteiger partial charge is 0.375 e. The van der Waals surface area contributed by atoms with E-state index >= 15 is 0 Å². The fraction of sp³-hybridized carbons (Fsp3) is 0.625. The van der Waals surface area contributed by atoms with E-state index in [9.17, 15) is 0 Å². The molecule has 2 aliphatic heterocycles. The summed E-state index contributed by atoms with van der Waals surface area (Å²) in [6.07, 6.45) is 5.46. The molecule has 1 aromatic rings. The maximum Gasteiger partial charge on any atom is 0.0624 e. The van der Waals surface area contributed by atoms with Crippen molar-refractivity contribution >= 4 is 23.2 Å². The molecule has 0 radical (unpaired) electrons. The first-order valence-corrected chi connectivity index (χ1v) is 8.26. The fourth-order valence-corrected chi connectivity index (χ4v) is 4.08. The monoisotopic (exact) mass is 313 g/mol. The maximum atomic E-state index is 6.33. The minimum absolute atomic E-state index is 0.422. The number of rotatable bonds is 5. The van der Waals surface area contributed by atoms with E-state index in [1.54, 1.807) is 0 Å². The Hall–Kier alpha value is -0.280. The van der Waals surface area contributed by atoms with Crippen molar-refractivity contribution in [3.8, 4) is 0 Å². The third-order valence-corrected chi connectivity index (χ3v) is 5.47. The van der Waals surface area contributed by atoms with Gasteiger partial charge < -0.3 is 10.1 Å². The predicted molar refractivity (Wildman–Crippen MR) is 83.6 cm³/mol. The number of fused-ring (bicyclic) bond motifs is 2. The molecule has 2 aliphatic rings. The Morgan fingerprint density at radius 2 is 2.20 bits per heavy atom. The van der Waals surface area contributed by atoms with Crippen LogP contribution in [0.5, 0.6) is 0 Å². The topological polar surface area (TPSA) is 21.3 Å². The minimum Gasteiger partial charge on any atom is -0.375 e. The van der Waals surface area contributed by atoms with Gasteiger partial charge >= 0.3 is 0 Å². The second-order valence-electron chi connectivity index (χ2n) is 5.85. The number of hydrogen-bond donors (Lipinski definition) is 1. The Balaban J connectivity index is 1.76. The second-order valence-corrected chi connectivity index (χ2v) is 6.64. The van der Waals surface area contributed by atoms with Crippen LogP contribution in [0.1, 0.15) is 31.7 Å². The van der Waals surface area contributed by atoms with Crippen molar-refractivity contribution in [1.82, 2.24) is 5.32 Å². The Bertz CT molecular complexity index is 480. The van der Waals surface area contributed by atoms with Crippen molar-refractivity contribution in [2.75, 3.05) is 6.54 Å². The molecular formula is C16H21Cl2NO. The van der Waals surface area contributed by atoms with E-state index in [0.29, 0.717) is 34.2 Å². The molecule has 4 heteroatoms. The normalized spacial score (nSPS) is 29.9. The SMILES string of the molecule is CCNC(Cc1cccc(Cl)c1Cl)C1CC2CCC1O2. The molecule has 0 saturated carbocycles. The second kappa shape index (κ2) is 6.23. The smallest absolute Gasteiger partial charge is 0.0624 e. The molecule has 20 heavy (non-hydrogen) atoms. The third-order valence-electron chi connectivity index (χ3n) is 4.61. The van der Waals surface area contributed by atoms with Gasteiger partial charge in [0.1, 0.15) is 0 Å². The summed E-state index contributed by atoms with van der Waals surface area (Å²) < 4.78 is 6.00. The lowest BCUT2D eigenvalue weighted by Crippen LogP contribution is -2.42. The van der Waals surface area contributed by atoms with Crippen molar-refractivity contribution in [1.29, 1.82) is 0 Å². The predicted octanol–water partition coefficient (Wildman–Crippen LogP) is 4.08. The van der Waals surface area contributed by atoms with Crippen molar-refractivity contribution < 1.29 is 4.74 Å². The molecule has 1 N–H and O–H groups in total. The molecule has 0 aliphatic carbocycles. The van der Waals surface area contributed by atoms with Gasteiger partial charge in [-0.15, -0.1) is 0 Å². The highest BCUT2D eigenvalue weighted by Gasteiger charge is 2.44. The van der Waals surface area contributed by atoms with E-state index in [4.69, 9.17) is 27.9 Å². The van der Waals surface area contributed by atoms with Gasteiger partial charge in [0.05, 0.1) is 22.3 Å². The molecule has 2 bridgehead atoms. The minimum atomic E-state index is 0.422. The first-order valence-electron chi connectivity index (χ1n) is 7.50. The van der Waals surface area contributed by atoms with Crippen LogP contribution in [0, 0.1) is 5.92 Å². The summed E-state index contributed by atoms with van der Waals surface area (Å²) in [7, 11) is 0. The van der Waals surface area contributed by atoms with Gasteiger partial charge in [-0.3, -0.25) is 0 Å². The molecule has 2 fully saturated rings. The standard InChI is InChI=1S/C16H21Cl2NO/c1-2-19-14(12-9-11-6-7-15(12)20-11)8-10-4-3-5-13(17)16(10)18/h3-5,11-12,14-15,19H,2,6-9H2,1H3. The Morgan fingerprint density at radius 1 is 1.35 bits per heavy atom. The number of nitrogens with one attached hydrogen (secondary N) is 1. The van der Waals surface area contributed by atoms with Crippen molar-refractivity contribution in [3.05, 3.63) is 33.8 Å². The first-order chi connectivity index (χ1) is 9.69. The van der Waals surface area contributed by atoms with E-state index < -0.39 is 0 Å². The summed E-state index contributed by atoms with van der Waals surface area (Å²) in [6.45, 7) is 3.12. The average molecular weight is 314 g/mol. The van der Waals surface area contributed by atoms with Crippen LogP contribution in [0.15, 0.2) is 18.2 Å². The quantitative estimate of drug-likeness (QED) is 0.884. The van der Waals surface area contributed by atoms with Gasteiger partial charge in [0.15, 0.2) is 0 Å². The third kappa shape index (κ3) is 2.85. The van der Waals surface area contributed by atoms with Gasteiger partial charge in [0, 0.05) is 12.0 Å². The molecule has 4 unspecified atom stereocenters. The van der Waals surface area contributed by atoms with Crippen LogP contribution >= 0.6 is 23.2 Å². The lowest BCUT2D eigenvalue weighted by molar-refractivity contribution is 0.0858. The summed E-state index contributed by atoms with van der Waals surface area (Å²) in [5, 5.41) is 4.96. The number of benzene rings is 1. The van der Waals surface area contributed by atoms with Crippen LogP contribution in [0.4, 0.5) is 0 Å². The van der Waals surface area contributed by atoms with Gasteiger partial charge in [-0.1, -0.05) is 42.3 Å². The van der Waals surface area contributed by atoms with E-state index in [1.165, 1.54) is 19.3 Å². The molecule has 0 spiro atoms. The summed E-state index contributed by atoms with van der Waals surface area (Å²) in [6, 6.07) is 6.32. The van der Waals surface area contributed by atoms with Crippen LogP contribution in [0.25, 0.3) is 0 Å². The zero-order chi connectivity index (χ0) is 14.1. The van der Waals surface area contributed by atoms with E-state index in [-0.39, 0.29) is 0 Å². The molecule has 3 rings (SSSR count). The Morgan fingerprint density at radius 3 is 2.85 bits per heavy atom. The highest BCUT2D eigenvalue weighted by molar-refractivity contribution is 6.42. The number of halogens is 2. The lowest BCUT2D eigenvalue weighted by Gasteiger charge is -2.29. The average Bonchev–Trinajstić information content (AvgIpc) is 3.05. The summed E-state index contributed by atoms with van der Waals surface area (Å²) in [5.74, 6) is 0.601. The lowest BCUT2D eigenvalue weighted by atomic mass is 9.81. The highest BCUT2D eigenvalue weighted by Crippen LogP contribution is 2.41. The zero-order valence-corrected chi connectivity index (χ0v) is 13.3. The molecule has 4 atom stereocenters. The molecule has 1 aromatic carbocycles. The van der Waals surface area contributed by atoms with Crippen LogP contribution in [-0.2, 0) is 11.2 Å². The van der Waals surface area contributed by atoms with Crippen LogP contribution < -0.4 is 5.32 Å². The maximum absolute atomic E-state index is 6.33. The van der Waals surface area contributed by atoms with Crippen LogP contribution in [0.3, 0.4) is 0 Å². The number of likely N-dealkylation sites (N-methyl/N-ethyl adjacent to an activating group) is 1. The van der Waals surface area contributed by atoms with Crippen molar-refractivity contribution in [3.63, 3.8) is 0 Å². The van der Waals surface area contributed by atoms with Gasteiger partial charge in [-0.05, 0) is 43.9 Å². The molecule has 2 heterocycles. The molecule has 0 amide bonds. The molecular weight excluding hydrogens is 293 g/mol. The number of hydrogen-bond acceptors (Lipinski definition) is 2. The first kappa shape index (κ1) is 14.6. The Labute approximate surface area is 130 Å². The molecule has 110 valence electrons. The molecule has 0 aromatic heterocycles. The Kier molecular flexibility index (Phi) is 4.56. The summed E-state index contributed by atoms with van der Waals surface area (Å²) in [5.41, 5.74) is 1.13. The van der Waals surface area contributed by atoms with Gasteiger partial charge in [0.2, 0.25) is 0 Å². The van der Waals surface area contributed by atoms with Crippen LogP contribution in [-0.4, -0.2) is 24.8 Å². The summed E-state index contributed by atoms with van der Waals surface area (Å²) in [4.78, 5) is 0. The van der Waals surface area contributed by atoms with Gasteiger partial charge in [0.25, 0.3) is 0 Å².